The van der Waals surface area contributed by atoms with Crippen molar-refractivity contribution in [3.05, 3.63) is 0 Å². The lowest BCUT2D eigenvalue weighted by molar-refractivity contribution is -0.304. The van der Waals surface area contributed by atoms with Gasteiger partial charge < -0.3 is 20.3 Å². The first-order chi connectivity index (χ1) is 11.1. The predicted octanol–water partition coefficient (Wildman–Crippen LogP) is 2.30. The topological polar surface area (TPSA) is 89.5 Å². The second kappa shape index (κ2) is 15.8. The Kier molecular flexibility index (Phi) is 15.0. The first-order valence-electron chi connectivity index (χ1n) is 9.20. The number of carbonyl (C=O) groups is 2. The highest BCUT2D eigenvalue weighted by atomic mass is 16.4. The fourth-order valence-corrected chi connectivity index (χ4v) is 2.60. The van der Waals surface area contributed by atoms with Gasteiger partial charge in [-0.25, -0.2) is 0 Å². The van der Waals surface area contributed by atoms with Crippen molar-refractivity contribution in [2.75, 3.05) is 6.54 Å². The SMILES string of the molecule is CCCCCCCCCCCCCC(O)CC(=O)NCC(=O)[O-]. The van der Waals surface area contributed by atoms with E-state index < -0.39 is 24.5 Å². The van der Waals surface area contributed by atoms with E-state index in [0.717, 1.165) is 12.8 Å². The molecule has 2 N–H and O–H groups in total. The average Bonchev–Trinajstić information content (AvgIpc) is 2.50. The van der Waals surface area contributed by atoms with Gasteiger partial charge in [-0.3, -0.25) is 4.79 Å². The zero-order valence-electron chi connectivity index (χ0n) is 14.6. The van der Waals surface area contributed by atoms with Crippen molar-refractivity contribution in [3.63, 3.8) is 0 Å². The van der Waals surface area contributed by atoms with Crippen LogP contribution in [0.4, 0.5) is 0 Å². The monoisotopic (exact) mass is 328 g/mol. The van der Waals surface area contributed by atoms with Crippen molar-refractivity contribution in [2.45, 2.75) is 96.5 Å². The first kappa shape index (κ1) is 21.9. The molecule has 0 aliphatic heterocycles. The maximum atomic E-state index is 11.3. The number of rotatable bonds is 16. The third-order valence-electron chi connectivity index (χ3n) is 3.99. The van der Waals surface area contributed by atoms with E-state index in [2.05, 4.69) is 12.2 Å². The van der Waals surface area contributed by atoms with Crippen LogP contribution in [0.3, 0.4) is 0 Å². The van der Waals surface area contributed by atoms with E-state index in [9.17, 15) is 19.8 Å². The highest BCUT2D eigenvalue weighted by Crippen LogP contribution is 2.13. The van der Waals surface area contributed by atoms with Gasteiger partial charge in [-0.2, -0.15) is 0 Å². The fraction of sp³-hybridized carbons (Fsp3) is 0.889. The van der Waals surface area contributed by atoms with Crippen molar-refractivity contribution in [1.29, 1.82) is 0 Å². The van der Waals surface area contributed by atoms with Gasteiger partial charge in [0.1, 0.15) is 0 Å². The summed E-state index contributed by atoms with van der Waals surface area (Å²) in [6.07, 6.45) is 13.6. The molecule has 0 rings (SSSR count). The zero-order valence-corrected chi connectivity index (χ0v) is 14.6. The maximum absolute atomic E-state index is 11.3. The molecule has 0 aromatic rings. The van der Waals surface area contributed by atoms with Gasteiger partial charge in [-0.05, 0) is 6.42 Å². The second-order valence-corrected chi connectivity index (χ2v) is 6.33. The Labute approximate surface area is 140 Å². The van der Waals surface area contributed by atoms with E-state index >= 15 is 0 Å². The number of amides is 1. The van der Waals surface area contributed by atoms with Crippen molar-refractivity contribution in [1.82, 2.24) is 5.32 Å². The molecule has 0 aliphatic carbocycles. The van der Waals surface area contributed by atoms with E-state index in [-0.39, 0.29) is 6.42 Å². The van der Waals surface area contributed by atoms with Gasteiger partial charge in [-0.1, -0.05) is 77.6 Å². The number of hydrogen-bond acceptors (Lipinski definition) is 4. The molecule has 0 saturated carbocycles. The Morgan fingerprint density at radius 2 is 1.39 bits per heavy atom. The van der Waals surface area contributed by atoms with Gasteiger partial charge >= 0.3 is 0 Å². The van der Waals surface area contributed by atoms with E-state index in [1.165, 1.54) is 57.8 Å². The van der Waals surface area contributed by atoms with Crippen LogP contribution in [-0.2, 0) is 9.59 Å². The third-order valence-corrected chi connectivity index (χ3v) is 3.99. The van der Waals surface area contributed by atoms with Crippen LogP contribution in [0.25, 0.3) is 0 Å². The van der Waals surface area contributed by atoms with E-state index in [1.54, 1.807) is 0 Å². The molecule has 0 aromatic heterocycles. The van der Waals surface area contributed by atoms with Crippen LogP contribution in [0.5, 0.6) is 0 Å². The molecule has 5 nitrogen and oxygen atoms in total. The standard InChI is InChI=1S/C18H35NO4/c1-2-3-4-5-6-7-8-9-10-11-12-13-16(20)14-17(21)19-15-18(22)23/h16,20H,2-15H2,1H3,(H,19,21)(H,22,23)/p-1. The second-order valence-electron chi connectivity index (χ2n) is 6.33. The molecule has 1 unspecified atom stereocenters. The first-order valence-corrected chi connectivity index (χ1v) is 9.20. The van der Waals surface area contributed by atoms with Crippen LogP contribution in [0.2, 0.25) is 0 Å². The number of carbonyl (C=O) groups excluding carboxylic acids is 2. The Balaban J connectivity index is 3.30. The molecule has 0 fully saturated rings. The van der Waals surface area contributed by atoms with Gasteiger partial charge in [-0.15, -0.1) is 0 Å². The van der Waals surface area contributed by atoms with E-state index in [0.29, 0.717) is 6.42 Å². The summed E-state index contributed by atoms with van der Waals surface area (Å²) in [5.74, 6) is -1.76. The highest BCUT2D eigenvalue weighted by Gasteiger charge is 2.10. The quantitative estimate of drug-likeness (QED) is 0.425. The molecule has 0 spiro atoms. The number of carboxylic acid groups (broad SMARTS) is 1. The Morgan fingerprint density at radius 1 is 0.913 bits per heavy atom. The minimum atomic E-state index is -1.32. The molecular weight excluding hydrogens is 294 g/mol. The Hall–Kier alpha value is -1.10. The number of carboxylic acids is 1. The maximum Gasteiger partial charge on any atom is 0.222 e. The van der Waals surface area contributed by atoms with Crippen molar-refractivity contribution < 1.29 is 19.8 Å². The lowest BCUT2D eigenvalue weighted by Gasteiger charge is -2.11. The molecule has 0 radical (unpaired) electrons. The average molecular weight is 328 g/mol. The normalized spacial score (nSPS) is 12.1. The van der Waals surface area contributed by atoms with Crippen molar-refractivity contribution >= 4 is 11.9 Å². The Bertz CT molecular complexity index is 307. The molecule has 5 heteroatoms. The number of nitrogens with one attached hydrogen (secondary N) is 1. The number of aliphatic hydroxyl groups is 1. The molecule has 0 saturated heterocycles. The minimum Gasteiger partial charge on any atom is -0.548 e. The van der Waals surface area contributed by atoms with Crippen LogP contribution in [0, 0.1) is 0 Å². The van der Waals surface area contributed by atoms with Crippen LogP contribution in [0.15, 0.2) is 0 Å². The summed E-state index contributed by atoms with van der Waals surface area (Å²) in [6, 6.07) is 0. The lowest BCUT2D eigenvalue weighted by Crippen LogP contribution is -2.38. The summed E-state index contributed by atoms with van der Waals surface area (Å²) in [7, 11) is 0. The molecule has 23 heavy (non-hydrogen) atoms. The molecular formula is C18H34NO4-. The summed E-state index contributed by atoms with van der Waals surface area (Å²) in [4.78, 5) is 21.5. The van der Waals surface area contributed by atoms with Crippen LogP contribution >= 0.6 is 0 Å². The van der Waals surface area contributed by atoms with E-state index in [4.69, 9.17) is 0 Å². The van der Waals surface area contributed by atoms with Gasteiger partial charge in [0.2, 0.25) is 5.91 Å². The summed E-state index contributed by atoms with van der Waals surface area (Å²) in [6.45, 7) is 1.74. The number of unbranched alkanes of at least 4 members (excludes halogenated alkanes) is 10. The highest BCUT2D eigenvalue weighted by molar-refractivity contribution is 5.80. The summed E-state index contributed by atoms with van der Waals surface area (Å²) in [5, 5.41) is 22.1. The summed E-state index contributed by atoms with van der Waals surface area (Å²) >= 11 is 0. The van der Waals surface area contributed by atoms with Crippen molar-refractivity contribution in [2.24, 2.45) is 0 Å². The molecule has 1 atom stereocenters. The van der Waals surface area contributed by atoms with Gasteiger partial charge in [0.25, 0.3) is 0 Å². The molecule has 0 aliphatic rings. The number of hydrogen-bond donors (Lipinski definition) is 2. The predicted molar refractivity (Wildman–Crippen MR) is 89.7 cm³/mol. The summed E-state index contributed by atoms with van der Waals surface area (Å²) in [5.41, 5.74) is 0. The van der Waals surface area contributed by atoms with Gasteiger partial charge in [0.05, 0.1) is 25.0 Å². The summed E-state index contributed by atoms with van der Waals surface area (Å²) < 4.78 is 0. The molecule has 0 aromatic carbocycles. The van der Waals surface area contributed by atoms with Crippen LogP contribution < -0.4 is 10.4 Å². The number of aliphatic hydroxyl groups excluding tert-OH is 1. The zero-order chi connectivity index (χ0) is 17.3. The molecule has 0 heterocycles. The smallest absolute Gasteiger partial charge is 0.222 e. The van der Waals surface area contributed by atoms with Gasteiger partial charge in [0.15, 0.2) is 0 Å². The largest absolute Gasteiger partial charge is 0.548 e. The van der Waals surface area contributed by atoms with Crippen LogP contribution in [-0.4, -0.2) is 29.6 Å². The van der Waals surface area contributed by atoms with Gasteiger partial charge in [0, 0.05) is 0 Å². The molecule has 136 valence electrons. The molecule has 0 bridgehead atoms. The lowest BCUT2D eigenvalue weighted by atomic mass is 10.0. The van der Waals surface area contributed by atoms with Crippen LogP contribution in [0.1, 0.15) is 90.4 Å². The number of aliphatic carboxylic acids is 1. The van der Waals surface area contributed by atoms with Crippen molar-refractivity contribution in [3.8, 4) is 0 Å². The minimum absolute atomic E-state index is 0.0367. The Morgan fingerprint density at radius 3 is 1.87 bits per heavy atom. The fourth-order valence-electron chi connectivity index (χ4n) is 2.60. The molecule has 1 amide bonds. The van der Waals surface area contributed by atoms with E-state index in [1.807, 2.05) is 0 Å². The third kappa shape index (κ3) is 17.1.